The van der Waals surface area contributed by atoms with Crippen LogP contribution >= 0.6 is 0 Å². The van der Waals surface area contributed by atoms with E-state index in [9.17, 15) is 29.4 Å². The first-order chi connectivity index (χ1) is 30.3. The zero-order valence-corrected chi connectivity index (χ0v) is 36.5. The molecule has 0 spiro atoms. The first-order valence-corrected chi connectivity index (χ1v) is 21.7. The lowest BCUT2D eigenvalue weighted by Crippen LogP contribution is -2.57. The molecule has 0 aliphatic heterocycles. The summed E-state index contributed by atoms with van der Waals surface area (Å²) < 4.78 is 21.6. The first kappa shape index (κ1) is 49.4. The van der Waals surface area contributed by atoms with Gasteiger partial charge in [0.25, 0.3) is 0 Å². The zero-order chi connectivity index (χ0) is 45.5. The molecule has 4 aromatic carbocycles. The highest BCUT2D eigenvalue weighted by atomic mass is 16.5. The van der Waals surface area contributed by atoms with Crippen molar-refractivity contribution in [1.29, 1.82) is 0 Å². The minimum absolute atomic E-state index is 0.0264. The van der Waals surface area contributed by atoms with E-state index in [0.29, 0.717) is 99.0 Å². The quantitative estimate of drug-likeness (QED) is 0.0140. The summed E-state index contributed by atoms with van der Waals surface area (Å²) in [5.74, 6) is -3.28. The van der Waals surface area contributed by atoms with Crippen LogP contribution in [0.25, 0.3) is 12.2 Å². The van der Waals surface area contributed by atoms with Gasteiger partial charge in [-0.1, -0.05) is 48.5 Å². The number of rotatable bonds is 28. The second kappa shape index (κ2) is 25.6. The molecule has 63 heavy (non-hydrogen) atoms. The van der Waals surface area contributed by atoms with Crippen molar-refractivity contribution in [3.05, 3.63) is 131 Å². The van der Waals surface area contributed by atoms with Crippen molar-refractivity contribution in [1.82, 2.24) is 0 Å². The Morgan fingerprint density at radius 1 is 0.556 bits per heavy atom. The van der Waals surface area contributed by atoms with E-state index in [1.807, 2.05) is 36.4 Å². The third kappa shape index (κ3) is 16.9. The number of carbonyl (C=O) groups excluding carboxylic acids is 4. The van der Waals surface area contributed by atoms with Crippen LogP contribution in [0.2, 0.25) is 0 Å². The predicted molar refractivity (Wildman–Crippen MR) is 245 cm³/mol. The number of nitrogens with two attached hydrogens (primary N) is 2. The molecule has 0 aliphatic carbocycles. The number of aliphatic hydroxyl groups is 2. The monoisotopic (exact) mass is 862 g/mol. The molecular weight excluding hydrogens is 801 g/mol. The van der Waals surface area contributed by atoms with Gasteiger partial charge in [-0.3, -0.25) is 9.59 Å². The van der Waals surface area contributed by atoms with E-state index in [4.69, 9.17) is 30.4 Å². The number of carbonyl (C=O) groups is 4. The molecule has 0 fully saturated rings. The van der Waals surface area contributed by atoms with Gasteiger partial charge in [0.2, 0.25) is 5.79 Å². The number of ketones is 2. The average Bonchev–Trinajstić information content (AvgIpc) is 3.27. The normalized spacial score (nSPS) is 11.7. The highest BCUT2D eigenvalue weighted by molar-refractivity contribution is 5.89. The molecule has 12 heteroatoms. The van der Waals surface area contributed by atoms with Gasteiger partial charge in [-0.2, -0.15) is 0 Å². The molecule has 0 atom stereocenters. The van der Waals surface area contributed by atoms with E-state index >= 15 is 0 Å². The van der Waals surface area contributed by atoms with Crippen LogP contribution in [0, 0.1) is 5.41 Å². The van der Waals surface area contributed by atoms with Gasteiger partial charge in [-0.15, -0.1) is 0 Å². The summed E-state index contributed by atoms with van der Waals surface area (Å²) in [5.41, 5.74) is 14.5. The number of hydrogen-bond donors (Lipinski definition) is 4. The summed E-state index contributed by atoms with van der Waals surface area (Å²) in [6, 6.07) is 28.5. The Morgan fingerprint density at radius 3 is 1.38 bits per heavy atom. The second-order valence-corrected chi connectivity index (χ2v) is 15.6. The molecule has 0 aromatic heterocycles. The summed E-state index contributed by atoms with van der Waals surface area (Å²) in [6.45, 7) is 4.94. The Bertz CT molecular complexity index is 2040. The van der Waals surface area contributed by atoms with Crippen LogP contribution in [0.4, 0.5) is 11.4 Å². The maximum Gasteiger partial charge on any atom is 0.330 e. The summed E-state index contributed by atoms with van der Waals surface area (Å²) in [7, 11) is 0. The standard InChI is InChI=1S/C51H62N2O10/c1-3-60-48(56)31-21-38-17-27-45(28-18-38)62-33-9-5-7-11-44(54)37-50(35-40-13-23-42(52)24-14-40,36-41-15-25-43(53)26-16-41)51(58,59)47(55)12-8-6-10-34-63-46-29-19-39(20-30-46)22-32-49(57)61-4-2/h13-32,58-59H,3-12,33-37,52-53H2,1-2H3/b31-21+,32-22+. The second-order valence-electron chi connectivity index (χ2n) is 15.6. The molecule has 0 saturated carbocycles. The van der Waals surface area contributed by atoms with Gasteiger partial charge in [0.05, 0.1) is 26.4 Å². The molecule has 4 rings (SSSR count). The fraction of sp³-hybridized carbons (Fsp3) is 0.373. The summed E-state index contributed by atoms with van der Waals surface area (Å²) in [4.78, 5) is 51.1. The number of hydrogen-bond acceptors (Lipinski definition) is 12. The minimum Gasteiger partial charge on any atom is -0.494 e. The number of unbranched alkanes of at least 4 members (excludes halogenated alkanes) is 4. The Hall–Kier alpha value is -6.24. The van der Waals surface area contributed by atoms with Gasteiger partial charge in [0.1, 0.15) is 17.3 Å². The highest BCUT2D eigenvalue weighted by Gasteiger charge is 2.54. The van der Waals surface area contributed by atoms with Crippen molar-refractivity contribution < 1.29 is 48.3 Å². The van der Waals surface area contributed by atoms with Crippen LogP contribution in [0.3, 0.4) is 0 Å². The van der Waals surface area contributed by atoms with Gasteiger partial charge in [0, 0.05) is 48.2 Å². The highest BCUT2D eigenvalue weighted by Crippen LogP contribution is 2.43. The van der Waals surface area contributed by atoms with Gasteiger partial charge >= 0.3 is 11.9 Å². The number of esters is 2. The number of Topliss-reactive ketones (excluding diaryl/α,β-unsaturated/α-hetero) is 2. The predicted octanol–water partition coefficient (Wildman–Crippen LogP) is 8.26. The Balaban J connectivity index is 1.37. The van der Waals surface area contributed by atoms with Gasteiger partial charge < -0.3 is 40.6 Å². The van der Waals surface area contributed by atoms with E-state index in [1.54, 1.807) is 86.7 Å². The fourth-order valence-corrected chi connectivity index (χ4v) is 7.15. The molecule has 0 heterocycles. The van der Waals surface area contributed by atoms with Crippen molar-refractivity contribution in [3.63, 3.8) is 0 Å². The maximum atomic E-state index is 14.0. The SMILES string of the molecule is CCOC(=O)/C=C/c1ccc(OCCCCCC(=O)CC(Cc2ccc(N)cc2)(Cc2ccc(N)cc2)C(O)(O)C(=O)CCCCCOc2ccc(/C=C/C(=O)OCC)cc2)cc1. The molecule has 0 amide bonds. The van der Waals surface area contributed by atoms with Crippen molar-refractivity contribution in [3.8, 4) is 11.5 Å². The van der Waals surface area contributed by atoms with E-state index in [0.717, 1.165) is 11.1 Å². The molecule has 6 N–H and O–H groups in total. The summed E-state index contributed by atoms with van der Waals surface area (Å²) in [6.07, 6.45) is 9.49. The average molecular weight is 863 g/mol. The Labute approximate surface area is 370 Å². The number of benzene rings is 4. The molecule has 4 aromatic rings. The van der Waals surface area contributed by atoms with E-state index in [2.05, 4.69) is 0 Å². The maximum absolute atomic E-state index is 14.0. The van der Waals surface area contributed by atoms with Crippen molar-refractivity contribution in [2.24, 2.45) is 5.41 Å². The molecule has 0 bridgehead atoms. The third-order valence-corrected chi connectivity index (χ3v) is 10.6. The Kier molecular flexibility index (Phi) is 20.1. The van der Waals surface area contributed by atoms with Crippen molar-refractivity contribution in [2.45, 2.75) is 90.3 Å². The van der Waals surface area contributed by atoms with Crippen LogP contribution in [0.1, 0.15) is 93.9 Å². The van der Waals surface area contributed by atoms with E-state index < -0.39 is 28.9 Å². The third-order valence-electron chi connectivity index (χ3n) is 10.6. The molecule has 336 valence electrons. The van der Waals surface area contributed by atoms with Gasteiger partial charge in [0.15, 0.2) is 5.78 Å². The lowest BCUT2D eigenvalue weighted by atomic mass is 9.65. The molecule has 0 aliphatic rings. The molecule has 0 radical (unpaired) electrons. The van der Waals surface area contributed by atoms with Crippen LogP contribution in [0.15, 0.2) is 109 Å². The van der Waals surface area contributed by atoms with Crippen molar-refractivity contribution >= 4 is 47.0 Å². The zero-order valence-electron chi connectivity index (χ0n) is 36.5. The van der Waals surface area contributed by atoms with Crippen LogP contribution in [-0.2, 0) is 41.5 Å². The van der Waals surface area contributed by atoms with Crippen LogP contribution < -0.4 is 20.9 Å². The lowest BCUT2D eigenvalue weighted by Gasteiger charge is -2.43. The largest absolute Gasteiger partial charge is 0.494 e. The fourth-order valence-electron chi connectivity index (χ4n) is 7.15. The summed E-state index contributed by atoms with van der Waals surface area (Å²) >= 11 is 0. The molecule has 0 unspecified atom stereocenters. The van der Waals surface area contributed by atoms with Crippen LogP contribution in [-0.4, -0.2) is 65.9 Å². The number of ether oxygens (including phenoxy) is 4. The number of anilines is 2. The smallest absolute Gasteiger partial charge is 0.330 e. The summed E-state index contributed by atoms with van der Waals surface area (Å²) in [5, 5.41) is 24.2. The molecule has 12 nitrogen and oxygen atoms in total. The van der Waals surface area contributed by atoms with E-state index in [1.165, 1.54) is 12.2 Å². The topological polar surface area (TPSA) is 198 Å². The number of nitrogen functional groups attached to an aromatic ring is 2. The lowest BCUT2D eigenvalue weighted by molar-refractivity contribution is -0.234. The first-order valence-electron chi connectivity index (χ1n) is 21.7. The van der Waals surface area contributed by atoms with E-state index in [-0.39, 0.29) is 37.9 Å². The molecular formula is C51H62N2O10. The Morgan fingerprint density at radius 2 is 0.968 bits per heavy atom. The minimum atomic E-state index is -2.86. The van der Waals surface area contributed by atoms with Gasteiger partial charge in [-0.25, -0.2) is 9.59 Å². The van der Waals surface area contributed by atoms with Crippen LogP contribution in [0.5, 0.6) is 11.5 Å². The molecule has 0 saturated heterocycles. The van der Waals surface area contributed by atoms with Crippen molar-refractivity contribution in [2.75, 3.05) is 37.9 Å². The van der Waals surface area contributed by atoms with Gasteiger partial charge in [-0.05, 0) is 148 Å².